The molecule has 6 radical (unpaired) electrons. The molecule has 1 heterocycles. The average Bonchev–Trinajstić information content (AvgIpc) is 2.59. The highest BCUT2D eigenvalue weighted by atomic mass is 16.5. The molecular weight excluding hydrogens is 341 g/mol. The predicted octanol–water partition coefficient (Wildman–Crippen LogP) is 5.08. The molecule has 0 saturated heterocycles. The summed E-state index contributed by atoms with van der Waals surface area (Å²) in [6.45, 7) is 6.48. The molecule has 1 aromatic carbocycles. The number of phenolic OH excluding ortho intramolecular Hbond substituents is 1. The van der Waals surface area contributed by atoms with Crippen LogP contribution in [0.1, 0.15) is 82.8 Å². The molecule has 1 aromatic rings. The lowest BCUT2D eigenvalue weighted by Gasteiger charge is -2.48. The Bertz CT molecular complexity index is 734. The third-order valence-electron chi connectivity index (χ3n) is 6.44. The summed E-state index contributed by atoms with van der Waals surface area (Å²) in [5.74, 6) is 1.35. The van der Waals surface area contributed by atoms with E-state index >= 15 is 0 Å². The first-order chi connectivity index (χ1) is 13.1. The summed E-state index contributed by atoms with van der Waals surface area (Å²) in [7, 11) is 17.9. The molecule has 2 nitrogen and oxygen atoms in total. The van der Waals surface area contributed by atoms with Crippen LogP contribution in [0.2, 0.25) is 5.11 Å². The van der Waals surface area contributed by atoms with E-state index in [-0.39, 0.29) is 17.4 Å². The Morgan fingerprint density at radius 3 is 2.54 bits per heavy atom. The maximum Gasteiger partial charge on any atom is 0.127 e. The first-order valence-electron chi connectivity index (χ1n) is 10.8. The second kappa shape index (κ2) is 8.24. The summed E-state index contributed by atoms with van der Waals surface area (Å²) in [6.07, 6.45) is 10.8. The van der Waals surface area contributed by atoms with Gasteiger partial charge in [0.1, 0.15) is 17.1 Å². The van der Waals surface area contributed by atoms with E-state index in [2.05, 4.69) is 32.9 Å². The van der Waals surface area contributed by atoms with Gasteiger partial charge in [-0.3, -0.25) is 0 Å². The molecule has 1 aliphatic heterocycles. The molecule has 2 unspecified atom stereocenters. The van der Waals surface area contributed by atoms with Crippen LogP contribution in [0.15, 0.2) is 23.8 Å². The van der Waals surface area contributed by atoms with Crippen LogP contribution in [0.4, 0.5) is 0 Å². The van der Waals surface area contributed by atoms with Crippen LogP contribution < -0.4 is 4.74 Å². The van der Waals surface area contributed by atoms with Crippen LogP contribution in [0, 0.1) is 5.92 Å². The van der Waals surface area contributed by atoms with Gasteiger partial charge in [0.25, 0.3) is 0 Å². The molecule has 1 aliphatic carbocycles. The fourth-order valence-electron chi connectivity index (χ4n) is 4.86. The van der Waals surface area contributed by atoms with Gasteiger partial charge in [0.05, 0.1) is 23.5 Å². The zero-order valence-electron chi connectivity index (χ0n) is 17.6. The Morgan fingerprint density at radius 1 is 1.14 bits per heavy atom. The van der Waals surface area contributed by atoms with Crippen LogP contribution in [0.5, 0.6) is 11.5 Å². The third kappa shape index (κ3) is 4.49. The highest BCUT2D eigenvalue weighted by Crippen LogP contribution is 2.54. The second-order valence-electron chi connectivity index (χ2n) is 9.19. The summed E-state index contributed by atoms with van der Waals surface area (Å²) in [5, 5.41) is 9.56. The van der Waals surface area contributed by atoms with Crippen LogP contribution in [0.3, 0.4) is 0 Å². The molecule has 28 heavy (non-hydrogen) atoms. The smallest absolute Gasteiger partial charge is 0.127 e. The largest absolute Gasteiger partial charge is 0.507 e. The minimum atomic E-state index is -1.32. The van der Waals surface area contributed by atoms with Gasteiger partial charge in [0.2, 0.25) is 0 Å². The Kier molecular flexibility index (Phi) is 6.32. The van der Waals surface area contributed by atoms with Gasteiger partial charge in [-0.05, 0) is 57.2 Å². The minimum Gasteiger partial charge on any atom is -0.507 e. The lowest BCUT2D eigenvalue weighted by atomic mass is 9.38. The van der Waals surface area contributed by atoms with E-state index in [0.717, 1.165) is 48.1 Å². The number of benzene rings is 1. The van der Waals surface area contributed by atoms with Gasteiger partial charge in [-0.25, -0.2) is 0 Å². The van der Waals surface area contributed by atoms with Crippen molar-refractivity contribution in [2.75, 3.05) is 0 Å². The van der Waals surface area contributed by atoms with E-state index in [1.807, 2.05) is 6.07 Å². The number of allylic oxidation sites excluding steroid dienone is 2. The number of unbranched alkanes of at least 4 members (excludes halogenated alkanes) is 4. The molecule has 2 aliphatic rings. The topological polar surface area (TPSA) is 29.5 Å². The van der Waals surface area contributed by atoms with Gasteiger partial charge in [-0.15, -0.1) is 5.11 Å². The van der Waals surface area contributed by atoms with Crippen molar-refractivity contribution < 1.29 is 9.84 Å². The van der Waals surface area contributed by atoms with Gasteiger partial charge < -0.3 is 9.84 Å². The first-order valence-corrected chi connectivity index (χ1v) is 10.8. The lowest BCUT2D eigenvalue weighted by molar-refractivity contribution is 0.0106. The SMILES string of the molecule is [B]C([B])([B])C1=CC2c3c(O)cc(CCCCCCC)cc3OC(C)(C)C2CC1. The molecule has 0 aromatic heterocycles. The van der Waals surface area contributed by atoms with E-state index in [1.165, 1.54) is 25.7 Å². The Labute approximate surface area is 174 Å². The Hall–Kier alpha value is -1.25. The molecule has 0 fully saturated rings. The third-order valence-corrected chi connectivity index (χ3v) is 6.44. The van der Waals surface area contributed by atoms with Gasteiger partial charge >= 0.3 is 0 Å². The van der Waals surface area contributed by atoms with Gasteiger partial charge in [0, 0.05) is 17.4 Å². The van der Waals surface area contributed by atoms with Crippen LogP contribution in [-0.2, 0) is 6.42 Å². The molecule has 0 bridgehead atoms. The summed E-state index contributed by atoms with van der Waals surface area (Å²) < 4.78 is 6.39. The highest BCUT2D eigenvalue weighted by Gasteiger charge is 2.46. The number of fused-ring (bicyclic) bond motifs is 3. The highest BCUT2D eigenvalue weighted by molar-refractivity contribution is 6.61. The fourth-order valence-corrected chi connectivity index (χ4v) is 4.86. The number of ether oxygens (including phenoxy) is 1. The summed E-state index contributed by atoms with van der Waals surface area (Å²) in [5.41, 5.74) is 2.50. The maximum absolute atomic E-state index is 10.9. The standard InChI is InChI=1S/C23H31B3O2/c1-4-5-6-7-8-9-15-12-19(27)21-17-14-16(23(24,25)26)10-11-18(17)22(2,3)28-20(21)13-15/h12-14,17-18,27H,4-11H2,1-3H3. The van der Waals surface area contributed by atoms with Crippen molar-refractivity contribution in [1.29, 1.82) is 0 Å². The summed E-state index contributed by atoms with van der Waals surface area (Å²) >= 11 is 0. The van der Waals surface area contributed by atoms with Crippen molar-refractivity contribution in [3.8, 4) is 11.5 Å². The number of aryl methyl sites for hydroxylation is 1. The van der Waals surface area contributed by atoms with Crippen molar-refractivity contribution in [2.45, 2.75) is 88.8 Å². The van der Waals surface area contributed by atoms with Gasteiger partial charge in [0.15, 0.2) is 0 Å². The quantitative estimate of drug-likeness (QED) is 0.411. The predicted molar refractivity (Wildman–Crippen MR) is 119 cm³/mol. The summed E-state index contributed by atoms with van der Waals surface area (Å²) in [4.78, 5) is 0. The molecule has 1 N–H and O–H groups in total. The zero-order valence-corrected chi connectivity index (χ0v) is 17.6. The van der Waals surface area contributed by atoms with Crippen molar-refractivity contribution in [3.63, 3.8) is 0 Å². The van der Waals surface area contributed by atoms with Crippen molar-refractivity contribution in [3.05, 3.63) is 34.9 Å². The molecule has 2 atom stereocenters. The number of aromatic hydroxyl groups is 1. The van der Waals surface area contributed by atoms with Crippen LogP contribution in [-0.4, -0.2) is 34.2 Å². The van der Waals surface area contributed by atoms with Crippen LogP contribution in [0.25, 0.3) is 0 Å². The van der Waals surface area contributed by atoms with E-state index in [4.69, 9.17) is 28.3 Å². The monoisotopic (exact) mass is 372 g/mol. The molecule has 144 valence electrons. The lowest BCUT2D eigenvalue weighted by Crippen LogP contribution is -2.45. The van der Waals surface area contributed by atoms with E-state index in [0.29, 0.717) is 5.75 Å². The van der Waals surface area contributed by atoms with Crippen molar-refractivity contribution >= 4 is 23.5 Å². The molecule has 0 amide bonds. The fraction of sp³-hybridized carbons (Fsp3) is 0.652. The van der Waals surface area contributed by atoms with Gasteiger partial charge in [-0.2, -0.15) is 0 Å². The molecule has 0 saturated carbocycles. The zero-order chi connectivity index (χ0) is 20.5. The number of phenols is 1. The van der Waals surface area contributed by atoms with Crippen molar-refractivity contribution in [2.24, 2.45) is 5.92 Å². The summed E-state index contributed by atoms with van der Waals surface area (Å²) in [6, 6.07) is 4.01. The molecule has 0 spiro atoms. The molecule has 3 rings (SSSR count). The second-order valence-corrected chi connectivity index (χ2v) is 9.19. The normalized spacial score (nSPS) is 23.3. The maximum atomic E-state index is 10.9. The average molecular weight is 372 g/mol. The Morgan fingerprint density at radius 2 is 1.86 bits per heavy atom. The van der Waals surface area contributed by atoms with E-state index in [9.17, 15) is 5.11 Å². The Balaban J connectivity index is 1.89. The minimum absolute atomic E-state index is 0.0103. The first kappa shape index (κ1) is 21.5. The molecular formula is C23H31B3O2. The van der Waals surface area contributed by atoms with Crippen LogP contribution >= 0.6 is 0 Å². The van der Waals surface area contributed by atoms with Gasteiger partial charge in [-0.1, -0.05) is 44.3 Å². The number of hydrogen-bond acceptors (Lipinski definition) is 2. The van der Waals surface area contributed by atoms with E-state index < -0.39 is 5.11 Å². The number of hydrogen-bond donors (Lipinski definition) is 1. The number of rotatable bonds is 7. The van der Waals surface area contributed by atoms with E-state index in [1.54, 1.807) is 0 Å². The molecule has 5 heteroatoms. The van der Waals surface area contributed by atoms with Crippen molar-refractivity contribution in [1.82, 2.24) is 0 Å².